The standard InChI is InChI=1S/C14H19NOS/c1-11-8-12(2)10-15(9-11)14(16)6-5-13-4-3-7-17-13/h3-7,11-12H,8-10H2,1-2H3/b6-5+. The van der Waals surface area contributed by atoms with Crippen molar-refractivity contribution in [1.82, 2.24) is 4.90 Å². The fourth-order valence-electron chi connectivity index (χ4n) is 2.49. The fraction of sp³-hybridized carbons (Fsp3) is 0.500. The number of hydrogen-bond acceptors (Lipinski definition) is 2. The van der Waals surface area contributed by atoms with Crippen LogP contribution in [0, 0.1) is 11.8 Å². The van der Waals surface area contributed by atoms with Gasteiger partial charge in [-0.05, 0) is 35.8 Å². The van der Waals surface area contributed by atoms with E-state index in [-0.39, 0.29) is 5.91 Å². The summed E-state index contributed by atoms with van der Waals surface area (Å²) >= 11 is 1.66. The highest BCUT2D eigenvalue weighted by atomic mass is 32.1. The Balaban J connectivity index is 1.95. The van der Waals surface area contributed by atoms with Gasteiger partial charge in [-0.2, -0.15) is 0 Å². The normalized spacial score (nSPS) is 25.4. The van der Waals surface area contributed by atoms with E-state index in [1.807, 2.05) is 28.5 Å². The summed E-state index contributed by atoms with van der Waals surface area (Å²) in [6, 6.07) is 4.02. The number of likely N-dealkylation sites (tertiary alicyclic amines) is 1. The first-order valence-corrected chi connectivity index (χ1v) is 7.03. The monoisotopic (exact) mass is 249 g/mol. The predicted octanol–water partition coefficient (Wildman–Crippen LogP) is 3.27. The zero-order valence-corrected chi connectivity index (χ0v) is 11.2. The van der Waals surface area contributed by atoms with Gasteiger partial charge < -0.3 is 4.90 Å². The van der Waals surface area contributed by atoms with E-state index >= 15 is 0 Å². The van der Waals surface area contributed by atoms with E-state index in [1.165, 1.54) is 6.42 Å². The molecule has 1 aromatic rings. The summed E-state index contributed by atoms with van der Waals surface area (Å²) in [7, 11) is 0. The van der Waals surface area contributed by atoms with Crippen molar-refractivity contribution in [1.29, 1.82) is 0 Å². The van der Waals surface area contributed by atoms with E-state index in [0.29, 0.717) is 11.8 Å². The minimum absolute atomic E-state index is 0.150. The van der Waals surface area contributed by atoms with Crippen molar-refractivity contribution >= 4 is 23.3 Å². The first kappa shape index (κ1) is 12.4. The summed E-state index contributed by atoms with van der Waals surface area (Å²) in [5.41, 5.74) is 0. The van der Waals surface area contributed by atoms with Gasteiger partial charge in [-0.25, -0.2) is 0 Å². The molecule has 0 bridgehead atoms. The van der Waals surface area contributed by atoms with Crippen LogP contribution in [0.3, 0.4) is 0 Å². The van der Waals surface area contributed by atoms with E-state index in [2.05, 4.69) is 13.8 Å². The molecule has 2 nitrogen and oxygen atoms in total. The van der Waals surface area contributed by atoms with E-state index in [0.717, 1.165) is 18.0 Å². The smallest absolute Gasteiger partial charge is 0.246 e. The van der Waals surface area contributed by atoms with Gasteiger partial charge in [0.15, 0.2) is 0 Å². The third-order valence-electron chi connectivity index (χ3n) is 3.11. The Morgan fingerprint density at radius 3 is 2.71 bits per heavy atom. The molecule has 1 amide bonds. The Bertz CT molecular complexity index is 386. The molecule has 2 rings (SSSR count). The van der Waals surface area contributed by atoms with Crippen molar-refractivity contribution in [2.24, 2.45) is 11.8 Å². The topological polar surface area (TPSA) is 20.3 Å². The van der Waals surface area contributed by atoms with Crippen molar-refractivity contribution in [3.05, 3.63) is 28.5 Å². The van der Waals surface area contributed by atoms with Gasteiger partial charge in [0.1, 0.15) is 0 Å². The van der Waals surface area contributed by atoms with Crippen LogP contribution < -0.4 is 0 Å². The summed E-state index contributed by atoms with van der Waals surface area (Å²) in [6.07, 6.45) is 4.85. The second kappa shape index (κ2) is 5.50. The lowest BCUT2D eigenvalue weighted by atomic mass is 9.92. The molecule has 3 heteroatoms. The third-order valence-corrected chi connectivity index (χ3v) is 3.95. The second-order valence-electron chi connectivity index (χ2n) is 5.04. The van der Waals surface area contributed by atoms with Crippen LogP contribution in [0.1, 0.15) is 25.1 Å². The van der Waals surface area contributed by atoms with E-state index in [1.54, 1.807) is 17.4 Å². The number of hydrogen-bond donors (Lipinski definition) is 0. The van der Waals surface area contributed by atoms with Crippen LogP contribution in [0.15, 0.2) is 23.6 Å². The van der Waals surface area contributed by atoms with Gasteiger partial charge in [0.2, 0.25) is 5.91 Å². The zero-order valence-electron chi connectivity index (χ0n) is 10.4. The lowest BCUT2D eigenvalue weighted by Crippen LogP contribution is -2.41. The summed E-state index contributed by atoms with van der Waals surface area (Å²) in [5, 5.41) is 2.02. The molecular formula is C14H19NOS. The number of carbonyl (C=O) groups excluding carboxylic acids is 1. The molecule has 2 unspecified atom stereocenters. The van der Waals surface area contributed by atoms with Gasteiger partial charge in [0, 0.05) is 24.0 Å². The largest absolute Gasteiger partial charge is 0.339 e. The Morgan fingerprint density at radius 1 is 1.41 bits per heavy atom. The summed E-state index contributed by atoms with van der Waals surface area (Å²) in [6.45, 7) is 6.24. The maximum atomic E-state index is 12.0. The molecule has 17 heavy (non-hydrogen) atoms. The Morgan fingerprint density at radius 2 is 2.12 bits per heavy atom. The van der Waals surface area contributed by atoms with Crippen molar-refractivity contribution in [3.8, 4) is 0 Å². The minimum Gasteiger partial charge on any atom is -0.339 e. The molecule has 2 heterocycles. The third kappa shape index (κ3) is 3.43. The Hall–Kier alpha value is -1.09. The van der Waals surface area contributed by atoms with Crippen molar-refractivity contribution in [2.45, 2.75) is 20.3 Å². The van der Waals surface area contributed by atoms with Gasteiger partial charge in [-0.3, -0.25) is 4.79 Å². The molecule has 0 spiro atoms. The molecule has 1 aliphatic heterocycles. The predicted molar refractivity (Wildman–Crippen MR) is 72.9 cm³/mol. The molecule has 1 fully saturated rings. The lowest BCUT2D eigenvalue weighted by molar-refractivity contribution is -0.128. The SMILES string of the molecule is CC1CC(C)CN(C(=O)/C=C/c2cccs2)C1. The van der Waals surface area contributed by atoms with Gasteiger partial charge in [0.05, 0.1) is 0 Å². The first-order valence-electron chi connectivity index (χ1n) is 6.15. The van der Waals surface area contributed by atoms with Crippen LogP contribution in [0.4, 0.5) is 0 Å². The molecule has 1 aromatic heterocycles. The van der Waals surface area contributed by atoms with Gasteiger partial charge in [-0.15, -0.1) is 11.3 Å². The number of thiophene rings is 1. The van der Waals surface area contributed by atoms with Crippen molar-refractivity contribution in [2.75, 3.05) is 13.1 Å². The minimum atomic E-state index is 0.150. The van der Waals surface area contributed by atoms with Crippen LogP contribution in [-0.2, 0) is 4.79 Å². The van der Waals surface area contributed by atoms with Crippen molar-refractivity contribution in [3.63, 3.8) is 0 Å². The molecule has 2 atom stereocenters. The number of rotatable bonds is 2. The maximum Gasteiger partial charge on any atom is 0.246 e. The summed E-state index contributed by atoms with van der Waals surface area (Å²) in [5.74, 6) is 1.40. The molecule has 0 aromatic carbocycles. The van der Waals surface area contributed by atoms with E-state index < -0.39 is 0 Å². The van der Waals surface area contributed by atoms with Crippen LogP contribution in [0.25, 0.3) is 6.08 Å². The molecule has 92 valence electrons. The van der Waals surface area contributed by atoms with Gasteiger partial charge in [0.25, 0.3) is 0 Å². The lowest BCUT2D eigenvalue weighted by Gasteiger charge is -2.34. The number of carbonyl (C=O) groups is 1. The van der Waals surface area contributed by atoms with Gasteiger partial charge >= 0.3 is 0 Å². The van der Waals surface area contributed by atoms with Crippen LogP contribution in [0.2, 0.25) is 0 Å². The quantitative estimate of drug-likeness (QED) is 0.737. The maximum absolute atomic E-state index is 12.0. The van der Waals surface area contributed by atoms with Crippen LogP contribution in [-0.4, -0.2) is 23.9 Å². The highest BCUT2D eigenvalue weighted by molar-refractivity contribution is 7.10. The first-order chi connectivity index (χ1) is 8.15. The molecular weight excluding hydrogens is 230 g/mol. The van der Waals surface area contributed by atoms with Crippen LogP contribution >= 0.6 is 11.3 Å². The highest BCUT2D eigenvalue weighted by Gasteiger charge is 2.23. The average molecular weight is 249 g/mol. The number of piperidine rings is 1. The molecule has 0 radical (unpaired) electrons. The number of nitrogens with zero attached hydrogens (tertiary/aromatic N) is 1. The van der Waals surface area contributed by atoms with Crippen molar-refractivity contribution < 1.29 is 4.79 Å². The van der Waals surface area contributed by atoms with E-state index in [4.69, 9.17) is 0 Å². The van der Waals surface area contributed by atoms with E-state index in [9.17, 15) is 4.79 Å². The van der Waals surface area contributed by atoms with Crippen LogP contribution in [0.5, 0.6) is 0 Å². The Labute approximate surface area is 107 Å². The molecule has 0 aliphatic carbocycles. The highest BCUT2D eigenvalue weighted by Crippen LogP contribution is 2.21. The molecule has 1 saturated heterocycles. The molecule has 0 N–H and O–H groups in total. The average Bonchev–Trinajstić information content (AvgIpc) is 2.77. The summed E-state index contributed by atoms with van der Waals surface area (Å²) in [4.78, 5) is 15.1. The van der Waals surface area contributed by atoms with Gasteiger partial charge in [-0.1, -0.05) is 19.9 Å². The zero-order chi connectivity index (χ0) is 12.3. The summed E-state index contributed by atoms with van der Waals surface area (Å²) < 4.78 is 0. The molecule has 1 aliphatic rings. The fourth-order valence-corrected chi connectivity index (χ4v) is 3.11. The number of amides is 1. The second-order valence-corrected chi connectivity index (χ2v) is 6.02. The Kier molecular flexibility index (Phi) is 4.00. The molecule has 0 saturated carbocycles.